The zero-order valence-corrected chi connectivity index (χ0v) is 38.5. The molecule has 3 saturated carbocycles. The lowest BCUT2D eigenvalue weighted by Crippen LogP contribution is -2.53. The summed E-state index contributed by atoms with van der Waals surface area (Å²) in [6.45, 7) is 3.08. The number of methoxy groups -OCH3 is 1. The van der Waals surface area contributed by atoms with Crippen molar-refractivity contribution in [2.75, 3.05) is 19.4 Å². The molecule has 0 bridgehead atoms. The van der Waals surface area contributed by atoms with Crippen molar-refractivity contribution in [1.82, 2.24) is 10.3 Å². The monoisotopic (exact) mass is 880 g/mol. The molecule has 65 heavy (non-hydrogen) atoms. The molecule has 9 rings (SSSR count). The molecule has 1 spiro atoms. The van der Waals surface area contributed by atoms with Crippen LogP contribution in [0.2, 0.25) is 0 Å². The number of phenolic OH excluding ortho intramolecular Hbond substituents is 1. The molecule has 9 heteroatoms. The van der Waals surface area contributed by atoms with E-state index in [-0.39, 0.29) is 29.3 Å². The summed E-state index contributed by atoms with van der Waals surface area (Å²) in [5.74, 6) is 9.14. The minimum absolute atomic E-state index is 0.0128. The molecule has 9 atom stereocenters. The first-order chi connectivity index (χ1) is 31.5. The first-order valence-corrected chi connectivity index (χ1v) is 24.8. The van der Waals surface area contributed by atoms with Gasteiger partial charge in [0.25, 0.3) is 0 Å². The minimum Gasteiger partial charge on any atom is -0.504 e. The third-order valence-electron chi connectivity index (χ3n) is 16.9. The Morgan fingerprint density at radius 1 is 0.985 bits per heavy atom. The minimum atomic E-state index is -1.17. The van der Waals surface area contributed by atoms with Gasteiger partial charge in [-0.05, 0) is 170 Å². The largest absolute Gasteiger partial charge is 0.504 e. The van der Waals surface area contributed by atoms with Gasteiger partial charge in [0, 0.05) is 43.3 Å². The number of ketones is 2. The zero-order valence-electron chi connectivity index (χ0n) is 38.5. The molecule has 0 amide bonds. The molecule has 0 radical (unpaired) electrons. The number of aromatic nitrogens is 1. The number of hydrogen-bond acceptors (Lipinski definition) is 9. The summed E-state index contributed by atoms with van der Waals surface area (Å²) in [7, 11) is 1.53. The average Bonchev–Trinajstić information content (AvgIpc) is 3.81. The lowest BCUT2D eigenvalue weighted by atomic mass is 9.58. The van der Waals surface area contributed by atoms with E-state index in [4.69, 9.17) is 10.5 Å². The van der Waals surface area contributed by atoms with E-state index < -0.39 is 23.5 Å². The van der Waals surface area contributed by atoms with Crippen LogP contribution in [-0.4, -0.2) is 63.8 Å². The zero-order chi connectivity index (χ0) is 45.3. The molecular formula is C56H69N3O6. The summed E-state index contributed by atoms with van der Waals surface area (Å²) in [6.07, 6.45) is 14.6. The van der Waals surface area contributed by atoms with Gasteiger partial charge < -0.3 is 31.1 Å². The van der Waals surface area contributed by atoms with Crippen molar-refractivity contribution in [1.29, 1.82) is 0 Å². The van der Waals surface area contributed by atoms with E-state index in [9.17, 15) is 24.9 Å². The summed E-state index contributed by atoms with van der Waals surface area (Å²) in [4.78, 5) is 31.2. The Morgan fingerprint density at radius 2 is 1.80 bits per heavy atom. The number of fused-ring (bicyclic) bond motifs is 3. The molecule has 1 saturated heterocycles. The Kier molecular flexibility index (Phi) is 13.4. The lowest BCUT2D eigenvalue weighted by Gasteiger charge is -2.49. The number of rotatable bonds is 12. The number of aliphatic hydroxyl groups is 2. The SMILES string of the molecule is CCc1cnc(N)cc1C(CC(O)CCC1C#CC2(CCC(CC3(C4CNC5CC(=O)CCC5C4)CCCC3)CC2O)C(=O)CCc2cc(OC)c(O)cc21)c1ccc2ccccc2c1. The van der Waals surface area contributed by atoms with Gasteiger partial charge in [0.15, 0.2) is 17.3 Å². The van der Waals surface area contributed by atoms with Gasteiger partial charge in [-0.2, -0.15) is 0 Å². The maximum Gasteiger partial charge on any atom is 0.160 e. The smallest absolute Gasteiger partial charge is 0.160 e. The van der Waals surface area contributed by atoms with Gasteiger partial charge in [-0.1, -0.05) is 74.1 Å². The second kappa shape index (κ2) is 19.2. The fourth-order valence-electron chi connectivity index (χ4n) is 13.3. The highest BCUT2D eigenvalue weighted by Crippen LogP contribution is 2.55. The number of aromatic hydroxyl groups is 1. The first-order valence-electron chi connectivity index (χ1n) is 24.8. The van der Waals surface area contributed by atoms with Crippen LogP contribution in [0.25, 0.3) is 10.8 Å². The van der Waals surface area contributed by atoms with E-state index in [1.54, 1.807) is 6.07 Å². The van der Waals surface area contributed by atoms with Gasteiger partial charge in [-0.3, -0.25) is 9.59 Å². The third-order valence-corrected chi connectivity index (χ3v) is 16.9. The molecule has 5 aliphatic rings. The second-order valence-corrected chi connectivity index (χ2v) is 20.6. The van der Waals surface area contributed by atoms with Crippen molar-refractivity contribution in [3.05, 3.63) is 94.7 Å². The fourth-order valence-corrected chi connectivity index (χ4v) is 13.3. The van der Waals surface area contributed by atoms with Crippen LogP contribution in [-0.2, 0) is 22.4 Å². The Labute approximate surface area is 385 Å². The highest BCUT2D eigenvalue weighted by Gasteiger charge is 2.51. The topological polar surface area (TPSA) is 155 Å². The number of Topliss-reactive ketones (excluding diaryl/α,β-unsaturated/α-hetero) is 2. The summed E-state index contributed by atoms with van der Waals surface area (Å²) in [5, 5.41) is 41.6. The summed E-state index contributed by atoms with van der Waals surface area (Å²) in [5.41, 5.74) is 10.4. The van der Waals surface area contributed by atoms with Crippen molar-refractivity contribution < 1.29 is 29.6 Å². The van der Waals surface area contributed by atoms with E-state index in [2.05, 4.69) is 59.4 Å². The Hall–Kier alpha value is -4.75. The molecule has 9 nitrogen and oxygen atoms in total. The molecule has 1 aromatic heterocycles. The van der Waals surface area contributed by atoms with Crippen LogP contribution >= 0.6 is 0 Å². The lowest BCUT2D eigenvalue weighted by molar-refractivity contribution is -0.135. The number of phenols is 1. The Morgan fingerprint density at radius 3 is 2.58 bits per heavy atom. The maximum atomic E-state index is 14.5. The van der Waals surface area contributed by atoms with E-state index in [1.807, 2.05) is 30.5 Å². The summed E-state index contributed by atoms with van der Waals surface area (Å²) < 4.78 is 5.55. The molecule has 1 aliphatic heterocycles. The number of carbonyl (C=O) groups is 2. The maximum absolute atomic E-state index is 14.5. The number of nitrogens with one attached hydrogen (secondary N) is 1. The number of aryl methyl sites for hydroxylation is 2. The molecule has 3 aromatic carbocycles. The number of nitrogens with two attached hydrogens (primary N) is 1. The highest BCUT2D eigenvalue weighted by atomic mass is 16.5. The molecule has 344 valence electrons. The van der Waals surface area contributed by atoms with Crippen molar-refractivity contribution >= 4 is 28.2 Å². The van der Waals surface area contributed by atoms with Crippen LogP contribution in [0, 0.1) is 40.4 Å². The number of hydrogen-bond donors (Lipinski definition) is 5. The average molecular weight is 880 g/mol. The first kappa shape index (κ1) is 45.4. The van der Waals surface area contributed by atoms with E-state index in [1.165, 1.54) is 39.2 Å². The number of ether oxygens (including phenoxy) is 1. The molecular weight excluding hydrogens is 811 g/mol. The molecule has 6 N–H and O–H groups in total. The van der Waals surface area contributed by atoms with Gasteiger partial charge >= 0.3 is 0 Å². The fraction of sp³-hybridized carbons (Fsp3) is 0.554. The van der Waals surface area contributed by atoms with Crippen molar-refractivity contribution in [3.63, 3.8) is 0 Å². The summed E-state index contributed by atoms with van der Waals surface area (Å²) in [6, 6.07) is 20.7. The quantitative estimate of drug-likeness (QED) is 0.0876. The van der Waals surface area contributed by atoms with Crippen LogP contribution < -0.4 is 15.8 Å². The molecule has 4 fully saturated rings. The van der Waals surface area contributed by atoms with Gasteiger partial charge in [0.1, 0.15) is 17.0 Å². The van der Waals surface area contributed by atoms with Gasteiger partial charge in [0.05, 0.1) is 19.3 Å². The van der Waals surface area contributed by atoms with Crippen LogP contribution in [0.15, 0.2) is 66.9 Å². The predicted molar refractivity (Wildman–Crippen MR) is 256 cm³/mol. The molecule has 9 unspecified atom stereocenters. The van der Waals surface area contributed by atoms with Crippen molar-refractivity contribution in [2.45, 2.75) is 153 Å². The second-order valence-electron chi connectivity index (χ2n) is 20.6. The normalized spacial score (nSPS) is 28.6. The van der Waals surface area contributed by atoms with Gasteiger partial charge in [-0.15, -0.1) is 0 Å². The molecule has 2 heterocycles. The predicted octanol–water partition coefficient (Wildman–Crippen LogP) is 9.50. The van der Waals surface area contributed by atoms with E-state index in [0.29, 0.717) is 92.5 Å². The molecule has 4 aromatic rings. The van der Waals surface area contributed by atoms with Crippen molar-refractivity contribution in [3.8, 4) is 23.3 Å². The number of nitrogen functional groups attached to an aromatic ring is 1. The number of benzene rings is 3. The van der Waals surface area contributed by atoms with Gasteiger partial charge in [0.2, 0.25) is 0 Å². The van der Waals surface area contributed by atoms with E-state index >= 15 is 0 Å². The van der Waals surface area contributed by atoms with E-state index in [0.717, 1.165) is 70.8 Å². The van der Waals surface area contributed by atoms with Crippen LogP contribution in [0.1, 0.15) is 149 Å². The van der Waals surface area contributed by atoms with Crippen molar-refractivity contribution in [2.24, 2.45) is 28.6 Å². The number of carbonyl (C=O) groups excluding carboxylic acids is 2. The van der Waals surface area contributed by atoms with Crippen LogP contribution in [0.5, 0.6) is 11.5 Å². The Balaban J connectivity index is 0.964. The number of pyridine rings is 1. The third kappa shape index (κ3) is 9.33. The van der Waals surface area contributed by atoms with Gasteiger partial charge in [-0.25, -0.2) is 4.98 Å². The highest BCUT2D eigenvalue weighted by molar-refractivity contribution is 5.89. The van der Waals surface area contributed by atoms with Crippen LogP contribution in [0.4, 0.5) is 5.82 Å². The number of anilines is 1. The van der Waals surface area contributed by atoms with Crippen LogP contribution in [0.3, 0.4) is 0 Å². The molecule has 4 aliphatic carbocycles. The Bertz CT molecular complexity index is 2450. The number of aliphatic hydroxyl groups excluding tert-OH is 2. The number of piperidine rings is 1. The summed E-state index contributed by atoms with van der Waals surface area (Å²) >= 11 is 0. The standard InChI is InChI=1S/C56H69N3O6/c1-3-36-33-59-54(57)31-48(36)47(40-11-10-37-8-4-5-9-39(37)25-40)28-44(60)15-12-38-19-23-56(52(63)17-14-41-27-51(65-2)50(62)30-46(38)41)22-18-35(24-53(56)64)32-55(20-6-7-21-55)43-26-42-13-16-45(61)29-49(42)58-34-43/h4-5,8-11,25,27,30-31,33,35,38,42-44,47,49,53,58,60,62,64H,3,6-7,12-18,20-22,24,26,28-29,32,34H2,1-2H3,(H2,57,59). The number of nitrogens with zero attached hydrogens (tertiary/aromatic N) is 1.